The number of nitrogens with zero attached hydrogens (tertiary/aromatic N) is 2. The van der Waals surface area contributed by atoms with Crippen molar-refractivity contribution in [1.29, 1.82) is 10.5 Å². The van der Waals surface area contributed by atoms with Crippen LogP contribution < -0.4 is 0 Å². The Morgan fingerprint density at radius 2 is 0.629 bits per heavy atom. The van der Waals surface area contributed by atoms with Crippen LogP contribution in [0.1, 0.15) is 165 Å². The largest absolute Gasteiger partial charge is 0.192 e. The minimum Gasteiger partial charge on any atom is -0.192 e. The summed E-state index contributed by atoms with van der Waals surface area (Å²) in [6.45, 7) is 4.60. The van der Waals surface area contributed by atoms with Crippen molar-refractivity contribution in [2.75, 3.05) is 0 Å². The molecular formula is C60H68N2. The zero-order valence-electron chi connectivity index (χ0n) is 37.8. The van der Waals surface area contributed by atoms with Gasteiger partial charge in [-0.05, 0) is 139 Å². The lowest BCUT2D eigenvalue weighted by atomic mass is 9.83. The first-order valence-electron chi connectivity index (χ1n) is 24.5. The van der Waals surface area contributed by atoms with Gasteiger partial charge in [0.15, 0.2) is 0 Å². The van der Waals surface area contributed by atoms with E-state index in [-0.39, 0.29) is 0 Å². The predicted molar refractivity (Wildman–Crippen MR) is 268 cm³/mol. The Bertz CT molecular complexity index is 2440. The number of rotatable bonds is 24. The molecule has 0 fully saturated rings. The Hall–Kier alpha value is -5.44. The van der Waals surface area contributed by atoms with Crippen molar-refractivity contribution in [3.05, 3.63) is 131 Å². The molecule has 0 saturated heterocycles. The molecule has 2 heteroatoms. The molecule has 0 aliphatic rings. The lowest BCUT2D eigenvalue weighted by Crippen LogP contribution is -1.98. The van der Waals surface area contributed by atoms with Gasteiger partial charge in [0.1, 0.15) is 12.1 Å². The Morgan fingerprint density at radius 1 is 0.339 bits per heavy atom. The molecule has 0 spiro atoms. The fourth-order valence-corrected chi connectivity index (χ4v) is 10.00. The molecule has 62 heavy (non-hydrogen) atoms. The van der Waals surface area contributed by atoms with Gasteiger partial charge in [-0.1, -0.05) is 202 Å². The highest BCUT2D eigenvalue weighted by Crippen LogP contribution is 2.46. The highest BCUT2D eigenvalue weighted by molar-refractivity contribution is 6.25. The third-order valence-electron chi connectivity index (χ3n) is 13.5. The van der Waals surface area contributed by atoms with Gasteiger partial charge in [0.05, 0.1) is 11.1 Å². The van der Waals surface area contributed by atoms with E-state index in [0.29, 0.717) is 11.1 Å². The molecule has 7 aromatic rings. The molecule has 0 bridgehead atoms. The average molecular weight is 817 g/mol. The highest BCUT2D eigenvalue weighted by atomic mass is 14.3. The van der Waals surface area contributed by atoms with Gasteiger partial charge in [0.2, 0.25) is 0 Å². The van der Waals surface area contributed by atoms with Crippen molar-refractivity contribution in [2.45, 2.75) is 155 Å². The van der Waals surface area contributed by atoms with Crippen LogP contribution in [0.15, 0.2) is 109 Å². The van der Waals surface area contributed by atoms with Crippen LogP contribution in [0.2, 0.25) is 0 Å². The molecule has 0 atom stereocenters. The number of aryl methyl sites for hydroxylation is 2. The summed E-state index contributed by atoms with van der Waals surface area (Å²) in [5.41, 5.74) is 8.71. The van der Waals surface area contributed by atoms with Crippen LogP contribution >= 0.6 is 0 Å². The SMILES string of the molecule is CCCCCCCCCCCCc1cc2cc3c(-c4ccccc4)c4cc5cc(C#N)c(C#N)cc5cc4c(-c4ccccc4)c3cc2cc1CCCCCCCCCCCC. The van der Waals surface area contributed by atoms with Crippen molar-refractivity contribution in [1.82, 2.24) is 0 Å². The molecule has 0 aliphatic heterocycles. The van der Waals surface area contributed by atoms with Crippen LogP contribution in [0.5, 0.6) is 0 Å². The van der Waals surface area contributed by atoms with Crippen LogP contribution in [0.25, 0.3) is 65.3 Å². The summed E-state index contributed by atoms with van der Waals surface area (Å²) in [5, 5.41) is 29.4. The zero-order valence-corrected chi connectivity index (χ0v) is 37.8. The number of unbranched alkanes of at least 4 members (excludes halogenated alkanes) is 18. The van der Waals surface area contributed by atoms with Crippen LogP contribution in [0, 0.1) is 22.7 Å². The summed E-state index contributed by atoms with van der Waals surface area (Å²) in [7, 11) is 0. The summed E-state index contributed by atoms with van der Waals surface area (Å²) < 4.78 is 0. The number of hydrogen-bond donors (Lipinski definition) is 0. The second-order valence-corrected chi connectivity index (χ2v) is 18.1. The third-order valence-corrected chi connectivity index (χ3v) is 13.5. The van der Waals surface area contributed by atoms with Crippen molar-refractivity contribution in [3.63, 3.8) is 0 Å². The van der Waals surface area contributed by atoms with Gasteiger partial charge in [-0.2, -0.15) is 10.5 Å². The van der Waals surface area contributed by atoms with Gasteiger partial charge in [0, 0.05) is 0 Å². The van der Waals surface area contributed by atoms with Gasteiger partial charge >= 0.3 is 0 Å². The second kappa shape index (κ2) is 23.1. The van der Waals surface area contributed by atoms with Crippen molar-refractivity contribution in [3.8, 4) is 34.4 Å². The average Bonchev–Trinajstić information content (AvgIpc) is 3.30. The molecule has 7 rings (SSSR count). The van der Waals surface area contributed by atoms with E-state index in [4.69, 9.17) is 0 Å². The van der Waals surface area contributed by atoms with Crippen LogP contribution in [0.4, 0.5) is 0 Å². The topological polar surface area (TPSA) is 47.6 Å². The molecule has 0 N–H and O–H groups in total. The number of benzene rings is 7. The Labute approximate surface area is 373 Å². The molecule has 0 heterocycles. The summed E-state index contributed by atoms with van der Waals surface area (Å²) in [6, 6.07) is 44.6. The van der Waals surface area contributed by atoms with Crippen molar-refractivity contribution < 1.29 is 0 Å². The maximum atomic E-state index is 9.99. The lowest BCUT2D eigenvalue weighted by Gasteiger charge is -2.20. The Morgan fingerprint density at radius 3 is 0.935 bits per heavy atom. The fourth-order valence-electron chi connectivity index (χ4n) is 10.00. The molecule has 0 amide bonds. The van der Waals surface area contributed by atoms with Crippen LogP contribution in [0.3, 0.4) is 0 Å². The standard InChI is InChI=1S/C60H68N2/c1-3-5-7-9-11-13-15-17-19-23-33-47-35-49-39-55-56(40-50(49)36-48(47)34-24-20-18-16-14-12-10-8-6-4-2)60(46-31-27-22-28-32-46)58-42-52-38-54(44-62)53(43-61)37-51(52)41-57(58)59(55)45-29-25-21-26-30-45/h21-22,25-32,35-42H,3-20,23-24,33-34H2,1-2H3. The summed E-state index contributed by atoms with van der Waals surface area (Å²) in [5.74, 6) is 0. The van der Waals surface area contributed by atoms with E-state index in [1.54, 1.807) is 11.1 Å². The summed E-state index contributed by atoms with van der Waals surface area (Å²) in [4.78, 5) is 0. The zero-order chi connectivity index (χ0) is 42.9. The first kappa shape index (κ1) is 44.6. The highest BCUT2D eigenvalue weighted by Gasteiger charge is 2.20. The maximum Gasteiger partial charge on any atom is 0.101 e. The van der Waals surface area contributed by atoms with E-state index >= 15 is 0 Å². The first-order chi connectivity index (χ1) is 30.6. The predicted octanol–water partition coefficient (Wildman–Crippen LogP) is 18.3. The molecule has 0 aliphatic carbocycles. The minimum absolute atomic E-state index is 0.416. The van der Waals surface area contributed by atoms with Crippen molar-refractivity contribution >= 4 is 43.1 Å². The molecular weight excluding hydrogens is 749 g/mol. The monoisotopic (exact) mass is 817 g/mol. The Balaban J connectivity index is 1.30. The molecule has 0 saturated carbocycles. The van der Waals surface area contributed by atoms with E-state index in [9.17, 15) is 10.5 Å². The minimum atomic E-state index is 0.416. The second-order valence-electron chi connectivity index (χ2n) is 18.1. The van der Waals surface area contributed by atoms with E-state index < -0.39 is 0 Å². The van der Waals surface area contributed by atoms with Gasteiger partial charge in [0.25, 0.3) is 0 Å². The first-order valence-corrected chi connectivity index (χ1v) is 24.5. The number of hydrogen-bond acceptors (Lipinski definition) is 2. The smallest absolute Gasteiger partial charge is 0.101 e. The van der Waals surface area contributed by atoms with Gasteiger partial charge in [-0.15, -0.1) is 0 Å². The number of fused-ring (bicyclic) bond motifs is 4. The van der Waals surface area contributed by atoms with E-state index in [1.807, 2.05) is 12.1 Å². The quantitative estimate of drug-likeness (QED) is 0.0450. The van der Waals surface area contributed by atoms with E-state index in [0.717, 1.165) is 34.4 Å². The van der Waals surface area contributed by atoms with Crippen LogP contribution in [-0.4, -0.2) is 0 Å². The van der Waals surface area contributed by atoms with E-state index in [1.165, 1.54) is 172 Å². The van der Waals surface area contributed by atoms with Crippen molar-refractivity contribution in [2.24, 2.45) is 0 Å². The molecule has 0 radical (unpaired) electrons. The van der Waals surface area contributed by atoms with Gasteiger partial charge in [-0.25, -0.2) is 0 Å². The van der Waals surface area contributed by atoms with E-state index in [2.05, 4.69) is 123 Å². The molecule has 0 aromatic heterocycles. The normalized spacial score (nSPS) is 11.5. The molecule has 318 valence electrons. The van der Waals surface area contributed by atoms with Gasteiger partial charge < -0.3 is 0 Å². The van der Waals surface area contributed by atoms with Gasteiger partial charge in [-0.3, -0.25) is 0 Å². The molecule has 7 aromatic carbocycles. The summed E-state index contributed by atoms with van der Waals surface area (Å²) >= 11 is 0. The molecule has 2 nitrogen and oxygen atoms in total. The molecule has 0 unspecified atom stereocenters. The number of nitriles is 2. The maximum absolute atomic E-state index is 9.99. The summed E-state index contributed by atoms with van der Waals surface area (Å²) in [6.07, 6.45) is 29.4. The fraction of sp³-hybridized carbons (Fsp3) is 0.400. The van der Waals surface area contributed by atoms with Crippen LogP contribution in [-0.2, 0) is 12.8 Å². The third kappa shape index (κ3) is 11.1. The lowest BCUT2D eigenvalue weighted by molar-refractivity contribution is 0.553. The Kier molecular flexibility index (Phi) is 16.6.